The first-order valence-corrected chi connectivity index (χ1v) is 34.1. The molecule has 8 rings (SSSR count). The zero-order valence-corrected chi connectivity index (χ0v) is 63.2. The fourth-order valence-electron chi connectivity index (χ4n) is 10.1. The number of ether oxygens (including phenoxy) is 1. The van der Waals surface area contributed by atoms with Gasteiger partial charge in [-0.05, 0) is 154 Å². The molecule has 0 N–H and O–H groups in total. The van der Waals surface area contributed by atoms with Crippen LogP contribution in [0.3, 0.4) is 0 Å². The van der Waals surface area contributed by atoms with Crippen molar-refractivity contribution >= 4 is 6.21 Å². The second kappa shape index (κ2) is 39.7. The predicted octanol–water partition coefficient (Wildman–Crippen LogP) is 21.6. The van der Waals surface area contributed by atoms with Crippen molar-refractivity contribution in [1.82, 2.24) is 29.8 Å². The molecule has 3 aliphatic rings. The predicted molar refractivity (Wildman–Crippen MR) is 384 cm³/mol. The van der Waals surface area contributed by atoms with E-state index in [1.165, 1.54) is 55.4 Å². The van der Waals surface area contributed by atoms with Crippen LogP contribution in [0, 0.1) is 66.2 Å². The van der Waals surface area contributed by atoms with Crippen LogP contribution in [-0.4, -0.2) is 74.8 Å². The van der Waals surface area contributed by atoms with Crippen LogP contribution >= 0.6 is 0 Å². The maximum atomic E-state index is 13.6. The molecule has 0 radical (unpaired) electrons. The smallest absolute Gasteiger partial charge is 0.290 e. The minimum absolute atomic E-state index is 0.0386. The van der Waals surface area contributed by atoms with Crippen molar-refractivity contribution in [1.29, 1.82) is 0 Å². The minimum atomic E-state index is -2.83. The van der Waals surface area contributed by atoms with E-state index in [-0.39, 0.29) is 58.0 Å². The highest BCUT2D eigenvalue weighted by atomic mass is 19.3. The molecule has 16 heteroatoms. The first-order valence-electron chi connectivity index (χ1n) is 34.1. The van der Waals surface area contributed by atoms with Gasteiger partial charge in [0.25, 0.3) is 11.8 Å². The van der Waals surface area contributed by atoms with E-state index in [2.05, 4.69) is 175 Å². The molecule has 5 aromatic rings. The van der Waals surface area contributed by atoms with Crippen molar-refractivity contribution in [3.8, 4) is 0 Å². The number of alkyl halides is 4. The van der Waals surface area contributed by atoms with Gasteiger partial charge in [0.1, 0.15) is 17.3 Å². The van der Waals surface area contributed by atoms with Crippen molar-refractivity contribution in [2.75, 3.05) is 32.8 Å². The van der Waals surface area contributed by atoms with E-state index in [0.717, 1.165) is 98.1 Å². The highest BCUT2D eigenvalue weighted by molar-refractivity contribution is 5.65. The van der Waals surface area contributed by atoms with Crippen LogP contribution in [0.5, 0.6) is 0 Å². The second-order valence-corrected chi connectivity index (χ2v) is 35.1. The Kier molecular flexibility index (Phi) is 36.5. The number of nitrogens with zero attached hydrogens (tertiary/aromatic N) is 8. The van der Waals surface area contributed by atoms with E-state index in [1.807, 2.05) is 35.5 Å². The zero-order valence-electron chi connectivity index (χ0n) is 63.2. The summed E-state index contributed by atoms with van der Waals surface area (Å²) in [7, 11) is 0. The Morgan fingerprint density at radius 3 is 1.59 bits per heavy atom. The summed E-state index contributed by atoms with van der Waals surface area (Å²) in [6.07, 6.45) is 24.8. The number of aromatic nitrogens is 6. The summed E-state index contributed by atoms with van der Waals surface area (Å²) < 4.78 is 84.6. The van der Waals surface area contributed by atoms with Crippen LogP contribution in [0.25, 0.3) is 0 Å². The quantitative estimate of drug-likeness (QED) is 0.0620. The van der Waals surface area contributed by atoms with E-state index in [4.69, 9.17) is 4.74 Å². The number of rotatable bonds is 9. The van der Waals surface area contributed by atoms with Gasteiger partial charge in [0.05, 0.1) is 12.7 Å². The van der Waals surface area contributed by atoms with Crippen LogP contribution < -0.4 is 4.73 Å². The van der Waals surface area contributed by atoms with Crippen molar-refractivity contribution in [2.45, 2.75) is 255 Å². The summed E-state index contributed by atoms with van der Waals surface area (Å²) in [5, 5.41) is 11.2. The molecule has 0 aliphatic carbocycles. The van der Waals surface area contributed by atoms with Gasteiger partial charge < -0.3 is 9.94 Å². The Morgan fingerprint density at radius 1 is 0.589 bits per heavy atom. The molecule has 0 atom stereocenters. The van der Waals surface area contributed by atoms with Crippen molar-refractivity contribution < 1.29 is 35.8 Å². The van der Waals surface area contributed by atoms with E-state index < -0.39 is 23.2 Å². The molecule has 2 saturated heterocycles. The number of hydrogen-bond donors (Lipinski definition) is 0. The van der Waals surface area contributed by atoms with Gasteiger partial charge in [0.15, 0.2) is 11.9 Å². The molecule has 0 spiro atoms. The van der Waals surface area contributed by atoms with E-state index in [0.29, 0.717) is 17.3 Å². The number of aliphatic imine (C=N–C) groups is 1. The Bertz CT molecular complexity index is 2910. The molecule has 0 bridgehead atoms. The monoisotopic (exact) mass is 1330 g/mol. The number of likely N-dealkylation sites (tertiary alicyclic amines) is 1. The molecule has 3 aliphatic heterocycles. The SMILES string of the molecule is CC(C)(C)C1CCOCC1.CC(C)(C)CC(F)(F)c1ccccn1.CC(C)(C)CC1=CN=CC1.CC(C)(C)CCN1CCCC(F)(F)C1.CC(C)(C)Cc1ccc(F)nc1.CC(C)(C)Cc1cccc[n+]1[O-].CC(C)(C)Cc1cncc(F)c1.CC(C)(C)Cc1ncccn1. The average molecular weight is 1330 g/mol. The molecule has 0 amide bonds. The largest absolute Gasteiger partial charge is 0.619 e. The fraction of sp³-hybridized carbons (Fsp3) is 0.658. The van der Waals surface area contributed by atoms with E-state index in [1.54, 1.807) is 76.0 Å². The first-order chi connectivity index (χ1) is 43.3. The maximum Gasteiger partial charge on any atom is 0.290 e. The van der Waals surface area contributed by atoms with Crippen LogP contribution in [0.4, 0.5) is 26.3 Å². The summed E-state index contributed by atoms with van der Waals surface area (Å²) in [6, 6.07) is 16.7. The van der Waals surface area contributed by atoms with E-state index >= 15 is 0 Å². The lowest BCUT2D eigenvalue weighted by atomic mass is 9.76. The van der Waals surface area contributed by atoms with Gasteiger partial charge in [-0.1, -0.05) is 184 Å². The molecule has 95 heavy (non-hydrogen) atoms. The lowest BCUT2D eigenvalue weighted by Crippen LogP contribution is -2.43. The molecule has 0 unspecified atom stereocenters. The van der Waals surface area contributed by atoms with Crippen LogP contribution in [-0.2, 0) is 36.3 Å². The molecular weight excluding hydrogens is 1210 g/mol. The lowest BCUT2D eigenvalue weighted by Gasteiger charge is -2.34. The molecule has 2 fully saturated rings. The standard InChI is InChI=1S/C11H21F2N.C11H15F2N.2C10H14FN.C10H15NO.C9H14N2.C9H15N.C9H18O/c1-10(2,3)6-8-14-7-4-5-11(12,13)9-14;1-10(2,3)8-11(12,13)9-6-4-5-7-14-9;1-10(2,3)5-8-4-9(11)7-12-6-8;1-10(2,3)6-8-4-5-9(11)12-7-8;1-10(2,3)8-9-6-4-5-7-11(9)12;1-9(2,3)7-8-10-5-4-6-11-8;1-9(2,3)6-8-4-5-10-7-8;1-9(2,3)8-4-6-10-7-5-8/h4-9H2,1-3H3;4-7H,8H2,1-3H3;4,6-7H,5H2,1-3H3;4-5,7H,6H2,1-3H3;4-7H,8H2,1-3H3;4-6H,7H2,1-3H3;5,7H,4,6H2,1-3H3;8H,4-7H2,1-3H3. The maximum absolute atomic E-state index is 13.6. The van der Waals surface area contributed by atoms with Gasteiger partial charge in [-0.3, -0.25) is 19.9 Å². The summed E-state index contributed by atoms with van der Waals surface area (Å²) in [5.41, 5.74) is 5.83. The number of allylic oxidation sites excluding steroid dienone is 1. The third-order valence-electron chi connectivity index (χ3n) is 14.3. The van der Waals surface area contributed by atoms with Crippen molar-refractivity contribution in [3.63, 3.8) is 0 Å². The zero-order chi connectivity index (χ0) is 72.8. The minimum Gasteiger partial charge on any atom is -0.619 e. The van der Waals surface area contributed by atoms with Gasteiger partial charge in [0.2, 0.25) is 5.95 Å². The van der Waals surface area contributed by atoms with Gasteiger partial charge in [-0.15, -0.1) is 0 Å². The fourth-order valence-corrected chi connectivity index (χ4v) is 10.1. The highest BCUT2D eigenvalue weighted by Crippen LogP contribution is 2.39. The number of halogens is 6. The van der Waals surface area contributed by atoms with Crippen LogP contribution in [0.15, 0.2) is 121 Å². The molecular formula is C79H126F6N8O2. The van der Waals surface area contributed by atoms with Crippen molar-refractivity contribution in [2.24, 2.45) is 54.2 Å². The number of pyridine rings is 4. The molecule has 0 saturated carbocycles. The third kappa shape index (κ3) is 47.9. The van der Waals surface area contributed by atoms with Crippen LogP contribution in [0.2, 0.25) is 0 Å². The third-order valence-corrected chi connectivity index (χ3v) is 14.3. The summed E-state index contributed by atoms with van der Waals surface area (Å²) in [4.78, 5) is 25.3. The molecule has 5 aromatic heterocycles. The lowest BCUT2D eigenvalue weighted by molar-refractivity contribution is -0.614. The van der Waals surface area contributed by atoms with Crippen LogP contribution in [0.1, 0.15) is 246 Å². The Morgan fingerprint density at radius 2 is 1.15 bits per heavy atom. The highest BCUT2D eigenvalue weighted by Gasteiger charge is 2.38. The molecule has 8 heterocycles. The molecule has 536 valence electrons. The van der Waals surface area contributed by atoms with Gasteiger partial charge in [-0.25, -0.2) is 28.1 Å². The van der Waals surface area contributed by atoms with Gasteiger partial charge in [0, 0.05) is 101 Å². The van der Waals surface area contributed by atoms with Crippen molar-refractivity contribution in [3.05, 3.63) is 161 Å². The average Bonchev–Trinajstić information content (AvgIpc) is 1.30. The van der Waals surface area contributed by atoms with E-state index in [9.17, 15) is 31.5 Å². The topological polar surface area (TPSA) is 116 Å². The summed E-state index contributed by atoms with van der Waals surface area (Å²) in [6.45, 7) is 54.9. The molecule has 10 nitrogen and oxygen atoms in total. The first kappa shape index (κ1) is 87.4. The normalized spacial score (nSPS) is 15.5. The second-order valence-electron chi connectivity index (χ2n) is 35.1. The Labute approximate surface area is 572 Å². The van der Waals surface area contributed by atoms with Gasteiger partial charge >= 0.3 is 0 Å². The summed E-state index contributed by atoms with van der Waals surface area (Å²) in [5.74, 6) is -4.14. The Hall–Kier alpha value is -5.61. The summed E-state index contributed by atoms with van der Waals surface area (Å²) >= 11 is 0. The van der Waals surface area contributed by atoms with Gasteiger partial charge in [-0.2, -0.15) is 17.9 Å². The Balaban J connectivity index is 0.000000544. The number of hydrogen-bond acceptors (Lipinski definition) is 9. The molecule has 0 aromatic carbocycles. The number of piperidine rings is 1.